The molecule has 29 heavy (non-hydrogen) atoms. The van der Waals surface area contributed by atoms with E-state index < -0.39 is 10.0 Å². The molecule has 0 radical (unpaired) electrons. The van der Waals surface area contributed by atoms with Gasteiger partial charge in [0.25, 0.3) is 0 Å². The van der Waals surface area contributed by atoms with Gasteiger partial charge in [-0.1, -0.05) is 6.42 Å². The minimum Gasteiger partial charge on any atom is -0.486 e. The Labute approximate surface area is 171 Å². The van der Waals surface area contributed by atoms with Crippen LogP contribution < -0.4 is 19.5 Å². The van der Waals surface area contributed by atoms with Crippen LogP contribution in [-0.2, 0) is 24.3 Å². The summed E-state index contributed by atoms with van der Waals surface area (Å²) in [4.78, 5) is 23.0. The number of sulfonamides is 1. The van der Waals surface area contributed by atoms with Gasteiger partial charge in [-0.2, -0.15) is 0 Å². The summed E-state index contributed by atoms with van der Waals surface area (Å²) < 4.78 is 42.9. The van der Waals surface area contributed by atoms with E-state index in [-0.39, 0.29) is 36.3 Å². The van der Waals surface area contributed by atoms with Gasteiger partial charge in [-0.25, -0.2) is 13.1 Å². The molecule has 1 aliphatic heterocycles. The van der Waals surface area contributed by atoms with Crippen molar-refractivity contribution in [1.82, 2.24) is 10.0 Å². The zero-order chi connectivity index (χ0) is 21.1. The van der Waals surface area contributed by atoms with Gasteiger partial charge in [-0.05, 0) is 31.9 Å². The lowest BCUT2D eigenvalue weighted by atomic mass is 10.2. The maximum absolute atomic E-state index is 12.4. The van der Waals surface area contributed by atoms with Crippen LogP contribution >= 0.6 is 0 Å². The lowest BCUT2D eigenvalue weighted by Crippen LogP contribution is -2.26. The molecule has 0 saturated carbocycles. The Kier molecular flexibility index (Phi) is 9.20. The molecular weight excluding hydrogens is 400 g/mol. The van der Waals surface area contributed by atoms with Gasteiger partial charge in [-0.3, -0.25) is 9.59 Å². The highest BCUT2D eigenvalue weighted by atomic mass is 32.2. The molecule has 1 heterocycles. The molecule has 1 aliphatic rings. The molecule has 1 aromatic rings. The maximum atomic E-state index is 12.4. The topological polar surface area (TPSA) is 120 Å². The van der Waals surface area contributed by atoms with Crippen LogP contribution in [0.3, 0.4) is 0 Å². The molecule has 0 unspecified atom stereocenters. The van der Waals surface area contributed by atoms with Gasteiger partial charge in [-0.15, -0.1) is 0 Å². The summed E-state index contributed by atoms with van der Waals surface area (Å²) in [6.07, 6.45) is 2.44. The number of hydrogen-bond acceptors (Lipinski definition) is 7. The fourth-order valence-electron chi connectivity index (χ4n) is 2.69. The second kappa shape index (κ2) is 11.6. The molecule has 1 aromatic carbocycles. The molecule has 9 nitrogen and oxygen atoms in total. The van der Waals surface area contributed by atoms with Crippen molar-refractivity contribution in [3.63, 3.8) is 0 Å². The number of benzene rings is 1. The zero-order valence-electron chi connectivity index (χ0n) is 16.6. The standard InChI is InChI=1S/C19H28N2O7S/c1-2-26-19(23)9-11-20-18(22)6-4-3-5-10-21-29(24,25)15-7-8-16-17(14-15)28-13-12-27-16/h7-8,14,21H,2-6,9-13H2,1H3,(H,20,22). The molecule has 1 amide bonds. The monoisotopic (exact) mass is 428 g/mol. The fourth-order valence-corrected chi connectivity index (χ4v) is 3.78. The van der Waals surface area contributed by atoms with Crippen molar-refractivity contribution in [2.24, 2.45) is 0 Å². The minimum atomic E-state index is -3.63. The highest BCUT2D eigenvalue weighted by molar-refractivity contribution is 7.89. The van der Waals surface area contributed by atoms with Crippen molar-refractivity contribution in [2.75, 3.05) is 32.9 Å². The van der Waals surface area contributed by atoms with Crippen molar-refractivity contribution >= 4 is 21.9 Å². The third kappa shape index (κ3) is 7.90. The second-order valence-electron chi connectivity index (χ2n) is 6.42. The van der Waals surface area contributed by atoms with Crippen LogP contribution in [0.1, 0.15) is 39.0 Å². The van der Waals surface area contributed by atoms with Gasteiger partial charge in [0.2, 0.25) is 15.9 Å². The van der Waals surface area contributed by atoms with E-state index in [9.17, 15) is 18.0 Å². The van der Waals surface area contributed by atoms with Crippen LogP contribution in [-0.4, -0.2) is 53.2 Å². The number of carbonyl (C=O) groups excluding carboxylic acids is 2. The van der Waals surface area contributed by atoms with Crippen LogP contribution in [0.25, 0.3) is 0 Å². The first kappa shape index (κ1) is 23.0. The molecule has 162 valence electrons. The van der Waals surface area contributed by atoms with E-state index >= 15 is 0 Å². The summed E-state index contributed by atoms with van der Waals surface area (Å²) in [6.45, 7) is 3.42. The Balaban J connectivity index is 1.61. The van der Waals surface area contributed by atoms with Crippen LogP contribution in [0.15, 0.2) is 23.1 Å². The number of amides is 1. The molecule has 0 fully saturated rings. The molecule has 2 N–H and O–H groups in total. The SMILES string of the molecule is CCOC(=O)CCNC(=O)CCCCCNS(=O)(=O)c1ccc2c(c1)OCCO2. The first-order valence-corrected chi connectivity index (χ1v) is 11.2. The third-order valence-electron chi connectivity index (χ3n) is 4.15. The lowest BCUT2D eigenvalue weighted by molar-refractivity contribution is -0.143. The lowest BCUT2D eigenvalue weighted by Gasteiger charge is -2.18. The predicted octanol–water partition coefficient (Wildman–Crippen LogP) is 1.37. The highest BCUT2D eigenvalue weighted by Gasteiger charge is 2.18. The van der Waals surface area contributed by atoms with Crippen molar-refractivity contribution in [1.29, 1.82) is 0 Å². The zero-order valence-corrected chi connectivity index (χ0v) is 17.4. The number of unbranched alkanes of at least 4 members (excludes halogenated alkanes) is 2. The van der Waals surface area contributed by atoms with Gasteiger partial charge < -0.3 is 19.5 Å². The Hall–Kier alpha value is -2.33. The average molecular weight is 429 g/mol. The fraction of sp³-hybridized carbons (Fsp3) is 0.579. The molecule has 0 bridgehead atoms. The number of fused-ring (bicyclic) bond motifs is 1. The van der Waals surface area contributed by atoms with Gasteiger partial charge >= 0.3 is 5.97 Å². The Morgan fingerprint density at radius 3 is 2.55 bits per heavy atom. The summed E-state index contributed by atoms with van der Waals surface area (Å²) in [5, 5.41) is 2.66. The Morgan fingerprint density at radius 1 is 1.03 bits per heavy atom. The van der Waals surface area contributed by atoms with E-state index in [0.29, 0.717) is 57.0 Å². The third-order valence-corrected chi connectivity index (χ3v) is 5.61. The van der Waals surface area contributed by atoms with Crippen molar-refractivity contribution in [3.05, 3.63) is 18.2 Å². The predicted molar refractivity (Wildman–Crippen MR) is 105 cm³/mol. The van der Waals surface area contributed by atoms with Crippen LogP contribution in [0.2, 0.25) is 0 Å². The Bertz CT molecular complexity index is 796. The molecule has 0 atom stereocenters. The Morgan fingerprint density at radius 2 is 1.79 bits per heavy atom. The molecule has 10 heteroatoms. The van der Waals surface area contributed by atoms with Crippen molar-refractivity contribution < 1.29 is 32.2 Å². The van der Waals surface area contributed by atoms with E-state index in [2.05, 4.69) is 10.0 Å². The minimum absolute atomic E-state index is 0.128. The molecular formula is C19H28N2O7S. The normalized spacial score (nSPS) is 13.0. The highest BCUT2D eigenvalue weighted by Crippen LogP contribution is 2.32. The van der Waals surface area contributed by atoms with Gasteiger partial charge in [0.1, 0.15) is 13.2 Å². The quantitative estimate of drug-likeness (QED) is 0.381. The number of nitrogens with one attached hydrogen (secondary N) is 2. The summed E-state index contributed by atoms with van der Waals surface area (Å²) in [7, 11) is -3.63. The number of esters is 1. The van der Waals surface area contributed by atoms with Gasteiger partial charge in [0.15, 0.2) is 11.5 Å². The maximum Gasteiger partial charge on any atom is 0.307 e. The van der Waals surface area contributed by atoms with Gasteiger partial charge in [0.05, 0.1) is 17.9 Å². The molecule has 0 spiro atoms. The van der Waals surface area contributed by atoms with Crippen LogP contribution in [0.4, 0.5) is 0 Å². The van der Waals surface area contributed by atoms with Crippen molar-refractivity contribution in [3.8, 4) is 11.5 Å². The van der Waals surface area contributed by atoms with E-state index in [4.69, 9.17) is 14.2 Å². The summed E-state index contributed by atoms with van der Waals surface area (Å²) >= 11 is 0. The summed E-state index contributed by atoms with van der Waals surface area (Å²) in [6, 6.07) is 4.53. The number of rotatable bonds is 12. The summed E-state index contributed by atoms with van der Waals surface area (Å²) in [5.41, 5.74) is 0. The molecule has 0 aliphatic carbocycles. The van der Waals surface area contributed by atoms with E-state index in [1.54, 1.807) is 13.0 Å². The first-order chi connectivity index (χ1) is 13.9. The van der Waals surface area contributed by atoms with Gasteiger partial charge in [0, 0.05) is 25.6 Å². The number of ether oxygens (including phenoxy) is 3. The molecule has 0 aromatic heterocycles. The molecule has 0 saturated heterocycles. The van der Waals surface area contributed by atoms with E-state index in [1.807, 2.05) is 0 Å². The van der Waals surface area contributed by atoms with Crippen LogP contribution in [0, 0.1) is 0 Å². The molecule has 2 rings (SSSR count). The van der Waals surface area contributed by atoms with E-state index in [1.165, 1.54) is 12.1 Å². The summed E-state index contributed by atoms with van der Waals surface area (Å²) in [5.74, 6) is 0.494. The first-order valence-electron chi connectivity index (χ1n) is 9.74. The number of carbonyl (C=O) groups is 2. The van der Waals surface area contributed by atoms with E-state index in [0.717, 1.165) is 0 Å². The van der Waals surface area contributed by atoms with Crippen molar-refractivity contribution in [2.45, 2.75) is 43.9 Å². The average Bonchev–Trinajstić information content (AvgIpc) is 2.70. The second-order valence-corrected chi connectivity index (χ2v) is 8.19. The van der Waals surface area contributed by atoms with Crippen LogP contribution in [0.5, 0.6) is 11.5 Å². The smallest absolute Gasteiger partial charge is 0.307 e. The number of hydrogen-bond donors (Lipinski definition) is 2. The largest absolute Gasteiger partial charge is 0.486 e.